The first-order valence-corrected chi connectivity index (χ1v) is 4.43. The van der Waals surface area contributed by atoms with Gasteiger partial charge in [-0.2, -0.15) is 0 Å². The molecule has 1 heteroatoms. The van der Waals surface area contributed by atoms with Crippen LogP contribution in [-0.2, 0) is 0 Å². The molecule has 64 valence electrons. The van der Waals surface area contributed by atoms with Gasteiger partial charge >= 0.3 is 0 Å². The third-order valence-corrected chi connectivity index (χ3v) is 2.60. The minimum atomic E-state index is 0.284. The van der Waals surface area contributed by atoms with Crippen LogP contribution >= 0.6 is 0 Å². The molecule has 0 rings (SSSR count). The van der Waals surface area contributed by atoms with Crippen LogP contribution < -0.4 is 5.32 Å². The Morgan fingerprint density at radius 2 is 1.64 bits per heavy atom. The summed E-state index contributed by atoms with van der Waals surface area (Å²) in [6, 6.07) is 0. The largest absolute Gasteiger partial charge is 0.301 e. The van der Waals surface area contributed by atoms with Gasteiger partial charge in [-0.25, -0.2) is 0 Å². The Labute approximate surface area is 70.6 Å². The van der Waals surface area contributed by atoms with Crippen LogP contribution in [0.5, 0.6) is 0 Å². The van der Waals surface area contributed by atoms with Crippen LogP contribution in [0.1, 0.15) is 40.0 Å². The Hall–Kier alpha value is -0.480. The molecule has 0 aliphatic heterocycles. The van der Waals surface area contributed by atoms with Gasteiger partial charge in [-0.05, 0) is 19.3 Å². The average Bonchev–Trinajstić information content (AvgIpc) is 2.08. The van der Waals surface area contributed by atoms with Gasteiger partial charge in [0.05, 0.1) is 6.54 Å². The van der Waals surface area contributed by atoms with Gasteiger partial charge in [0.25, 0.3) is 0 Å². The summed E-state index contributed by atoms with van der Waals surface area (Å²) in [7, 11) is 0. The highest BCUT2D eigenvalue weighted by Crippen LogP contribution is 2.18. The standard InChI is InChI=1S/C10H19N/c1-5-9-11-10(6-2,7-3)8-4/h1,11H,6-9H2,2-4H3. The molecule has 0 radical (unpaired) electrons. The molecule has 11 heavy (non-hydrogen) atoms. The molecule has 0 saturated carbocycles. The molecule has 1 N–H and O–H groups in total. The second-order valence-electron chi connectivity index (χ2n) is 2.90. The van der Waals surface area contributed by atoms with Crippen molar-refractivity contribution in [1.29, 1.82) is 0 Å². The van der Waals surface area contributed by atoms with E-state index in [9.17, 15) is 0 Å². The molecular formula is C10H19N. The first-order chi connectivity index (χ1) is 5.24. The Balaban J connectivity index is 3.96. The molecule has 0 bridgehead atoms. The molecule has 0 amide bonds. The Bertz CT molecular complexity index is 120. The topological polar surface area (TPSA) is 12.0 Å². The van der Waals surface area contributed by atoms with E-state index in [4.69, 9.17) is 6.42 Å². The van der Waals surface area contributed by atoms with Crippen LogP contribution in [0, 0.1) is 12.3 Å². The number of hydrogen-bond acceptors (Lipinski definition) is 1. The summed E-state index contributed by atoms with van der Waals surface area (Å²) in [5.41, 5.74) is 0.284. The van der Waals surface area contributed by atoms with Gasteiger partial charge in [-0.3, -0.25) is 0 Å². The lowest BCUT2D eigenvalue weighted by Crippen LogP contribution is -2.43. The zero-order valence-electron chi connectivity index (χ0n) is 7.91. The van der Waals surface area contributed by atoms with E-state index in [1.807, 2.05) is 0 Å². The maximum atomic E-state index is 5.19. The number of terminal acetylenes is 1. The summed E-state index contributed by atoms with van der Waals surface area (Å²) in [4.78, 5) is 0. The lowest BCUT2D eigenvalue weighted by Gasteiger charge is -2.31. The number of nitrogens with one attached hydrogen (secondary N) is 1. The molecule has 0 unspecified atom stereocenters. The third kappa shape index (κ3) is 2.95. The van der Waals surface area contributed by atoms with Crippen molar-refractivity contribution in [3.8, 4) is 12.3 Å². The molecular weight excluding hydrogens is 134 g/mol. The van der Waals surface area contributed by atoms with E-state index in [2.05, 4.69) is 32.0 Å². The van der Waals surface area contributed by atoms with Crippen LogP contribution in [-0.4, -0.2) is 12.1 Å². The highest BCUT2D eigenvalue weighted by atomic mass is 15.0. The van der Waals surface area contributed by atoms with Gasteiger partial charge < -0.3 is 5.32 Å². The quantitative estimate of drug-likeness (QED) is 0.597. The summed E-state index contributed by atoms with van der Waals surface area (Å²) in [6.45, 7) is 7.30. The zero-order valence-corrected chi connectivity index (χ0v) is 7.91. The second kappa shape index (κ2) is 5.21. The van der Waals surface area contributed by atoms with E-state index >= 15 is 0 Å². The van der Waals surface area contributed by atoms with Crippen LogP contribution in [0.3, 0.4) is 0 Å². The molecule has 0 aliphatic carbocycles. The summed E-state index contributed by atoms with van der Waals surface area (Å²) < 4.78 is 0. The third-order valence-electron chi connectivity index (χ3n) is 2.60. The molecule has 0 fully saturated rings. The van der Waals surface area contributed by atoms with E-state index < -0.39 is 0 Å². The van der Waals surface area contributed by atoms with Crippen molar-refractivity contribution in [3.63, 3.8) is 0 Å². The van der Waals surface area contributed by atoms with Crippen LogP contribution in [0.25, 0.3) is 0 Å². The van der Waals surface area contributed by atoms with E-state index in [-0.39, 0.29) is 5.54 Å². The van der Waals surface area contributed by atoms with E-state index in [1.54, 1.807) is 0 Å². The smallest absolute Gasteiger partial charge is 0.0578 e. The molecule has 0 aromatic rings. The SMILES string of the molecule is C#CCNC(CC)(CC)CC. The Morgan fingerprint density at radius 1 is 1.18 bits per heavy atom. The maximum absolute atomic E-state index is 5.19. The summed E-state index contributed by atoms with van der Waals surface area (Å²) in [5.74, 6) is 2.61. The van der Waals surface area contributed by atoms with Crippen LogP contribution in [0.2, 0.25) is 0 Å². The predicted octanol–water partition coefficient (Wildman–Crippen LogP) is 2.18. The summed E-state index contributed by atoms with van der Waals surface area (Å²) in [5, 5.41) is 3.40. The molecule has 0 aromatic carbocycles. The fraction of sp³-hybridized carbons (Fsp3) is 0.800. The molecule has 0 heterocycles. The van der Waals surface area contributed by atoms with Crippen LogP contribution in [0.15, 0.2) is 0 Å². The number of hydrogen-bond donors (Lipinski definition) is 1. The molecule has 0 aromatic heterocycles. The fourth-order valence-electron chi connectivity index (χ4n) is 1.36. The highest BCUT2D eigenvalue weighted by molar-refractivity contribution is 4.93. The van der Waals surface area contributed by atoms with Gasteiger partial charge in [0, 0.05) is 5.54 Å². The molecule has 1 nitrogen and oxygen atoms in total. The van der Waals surface area contributed by atoms with Gasteiger partial charge in [0.15, 0.2) is 0 Å². The highest BCUT2D eigenvalue weighted by Gasteiger charge is 2.21. The van der Waals surface area contributed by atoms with Crippen molar-refractivity contribution < 1.29 is 0 Å². The maximum Gasteiger partial charge on any atom is 0.0578 e. The fourth-order valence-corrected chi connectivity index (χ4v) is 1.36. The Morgan fingerprint density at radius 3 is 1.91 bits per heavy atom. The van der Waals surface area contributed by atoms with Gasteiger partial charge in [-0.15, -0.1) is 6.42 Å². The second-order valence-corrected chi connectivity index (χ2v) is 2.90. The monoisotopic (exact) mass is 153 g/mol. The van der Waals surface area contributed by atoms with Crippen molar-refractivity contribution in [2.75, 3.05) is 6.54 Å². The molecule has 0 saturated heterocycles. The minimum Gasteiger partial charge on any atom is -0.301 e. The van der Waals surface area contributed by atoms with Crippen molar-refractivity contribution in [1.82, 2.24) is 5.32 Å². The predicted molar refractivity (Wildman–Crippen MR) is 50.4 cm³/mol. The minimum absolute atomic E-state index is 0.284. The van der Waals surface area contributed by atoms with Gasteiger partial charge in [0.2, 0.25) is 0 Å². The molecule has 0 aliphatic rings. The molecule has 0 atom stereocenters. The van der Waals surface area contributed by atoms with Crippen molar-refractivity contribution in [3.05, 3.63) is 0 Å². The van der Waals surface area contributed by atoms with E-state index in [0.717, 1.165) is 19.3 Å². The van der Waals surface area contributed by atoms with Crippen molar-refractivity contribution in [2.45, 2.75) is 45.6 Å². The average molecular weight is 153 g/mol. The Kier molecular flexibility index (Phi) is 4.98. The van der Waals surface area contributed by atoms with Crippen LogP contribution in [0.4, 0.5) is 0 Å². The lowest BCUT2D eigenvalue weighted by atomic mass is 9.90. The summed E-state index contributed by atoms with van der Waals surface area (Å²) >= 11 is 0. The summed E-state index contributed by atoms with van der Waals surface area (Å²) in [6.07, 6.45) is 8.65. The first kappa shape index (κ1) is 10.5. The van der Waals surface area contributed by atoms with Crippen molar-refractivity contribution in [2.24, 2.45) is 0 Å². The molecule has 0 spiro atoms. The van der Waals surface area contributed by atoms with E-state index in [1.165, 1.54) is 0 Å². The van der Waals surface area contributed by atoms with Gasteiger partial charge in [-0.1, -0.05) is 26.7 Å². The normalized spacial score (nSPS) is 11.1. The van der Waals surface area contributed by atoms with E-state index in [0.29, 0.717) is 6.54 Å². The van der Waals surface area contributed by atoms with Crippen molar-refractivity contribution >= 4 is 0 Å². The zero-order chi connectivity index (χ0) is 8.74. The first-order valence-electron chi connectivity index (χ1n) is 4.43. The number of rotatable bonds is 5. The lowest BCUT2D eigenvalue weighted by molar-refractivity contribution is 0.304. The van der Waals surface area contributed by atoms with Gasteiger partial charge in [0.1, 0.15) is 0 Å².